The Balaban J connectivity index is 2.12. The summed E-state index contributed by atoms with van der Waals surface area (Å²) in [6.07, 6.45) is 3.89. The number of benzene rings is 1. The zero-order valence-electron chi connectivity index (χ0n) is 11.0. The number of hydrogen-bond donors (Lipinski definition) is 1. The second-order valence-electron chi connectivity index (χ2n) is 5.27. The van der Waals surface area contributed by atoms with Crippen molar-refractivity contribution in [3.8, 4) is 0 Å². The lowest BCUT2D eigenvalue weighted by Gasteiger charge is -2.40. The number of nitrogens with zero attached hydrogens (tertiary/aromatic N) is 1. The van der Waals surface area contributed by atoms with Crippen molar-refractivity contribution < 1.29 is 0 Å². The zero-order chi connectivity index (χ0) is 12.3. The van der Waals surface area contributed by atoms with Gasteiger partial charge in [0.15, 0.2) is 0 Å². The molecular formula is C15H24N2. The summed E-state index contributed by atoms with van der Waals surface area (Å²) >= 11 is 0. The van der Waals surface area contributed by atoms with Gasteiger partial charge < -0.3 is 5.73 Å². The summed E-state index contributed by atoms with van der Waals surface area (Å²) in [7, 11) is 0. The average Bonchev–Trinajstić information content (AvgIpc) is 2.34. The number of piperidine rings is 1. The van der Waals surface area contributed by atoms with E-state index in [1.165, 1.54) is 30.4 Å². The van der Waals surface area contributed by atoms with E-state index < -0.39 is 0 Å². The van der Waals surface area contributed by atoms with Gasteiger partial charge in [-0.2, -0.15) is 0 Å². The Morgan fingerprint density at radius 2 is 2.06 bits per heavy atom. The fraction of sp³-hybridized carbons (Fsp3) is 0.600. The van der Waals surface area contributed by atoms with E-state index in [2.05, 4.69) is 43.0 Å². The first-order valence-corrected chi connectivity index (χ1v) is 6.72. The summed E-state index contributed by atoms with van der Waals surface area (Å²) in [4.78, 5) is 2.59. The largest absolute Gasteiger partial charge is 0.329 e. The highest BCUT2D eigenvalue weighted by molar-refractivity contribution is 5.25. The van der Waals surface area contributed by atoms with Crippen molar-refractivity contribution in [2.45, 2.75) is 51.7 Å². The normalized spacial score (nSPS) is 26.1. The van der Waals surface area contributed by atoms with Crippen LogP contribution < -0.4 is 5.73 Å². The van der Waals surface area contributed by atoms with E-state index in [1.807, 2.05) is 0 Å². The summed E-state index contributed by atoms with van der Waals surface area (Å²) in [5, 5.41) is 0. The Morgan fingerprint density at radius 3 is 2.76 bits per heavy atom. The van der Waals surface area contributed by atoms with Crippen LogP contribution in [0, 0.1) is 6.92 Å². The van der Waals surface area contributed by atoms with Gasteiger partial charge in [0.25, 0.3) is 0 Å². The van der Waals surface area contributed by atoms with Crippen molar-refractivity contribution in [3.63, 3.8) is 0 Å². The minimum atomic E-state index is 0.568. The number of nitrogens with two attached hydrogens (primary N) is 1. The molecule has 1 heterocycles. The Labute approximate surface area is 105 Å². The molecule has 2 atom stereocenters. The zero-order valence-corrected chi connectivity index (χ0v) is 11.0. The highest BCUT2D eigenvalue weighted by Gasteiger charge is 2.26. The summed E-state index contributed by atoms with van der Waals surface area (Å²) in [5.41, 5.74) is 8.74. The van der Waals surface area contributed by atoms with Crippen molar-refractivity contribution in [2.75, 3.05) is 6.54 Å². The third-order valence-corrected chi connectivity index (χ3v) is 4.08. The topological polar surface area (TPSA) is 29.3 Å². The number of likely N-dealkylation sites (tertiary alicyclic amines) is 1. The highest BCUT2D eigenvalue weighted by atomic mass is 15.2. The number of rotatable bonds is 3. The van der Waals surface area contributed by atoms with Crippen LogP contribution in [0.25, 0.3) is 0 Å². The molecule has 0 aliphatic carbocycles. The maximum absolute atomic E-state index is 5.91. The standard InChI is InChI=1S/C15H24N2/c1-12-6-3-4-8-14(12)11-17-13(2)7-5-9-15(17)10-16/h3-4,6,8,13,15H,5,7,9-11,16H2,1-2H3. The molecule has 1 fully saturated rings. The molecular weight excluding hydrogens is 208 g/mol. The molecule has 0 aromatic heterocycles. The summed E-state index contributed by atoms with van der Waals surface area (Å²) in [5.74, 6) is 0. The molecule has 1 aromatic carbocycles. The second kappa shape index (κ2) is 5.65. The van der Waals surface area contributed by atoms with Crippen LogP contribution in [0.3, 0.4) is 0 Å². The molecule has 1 aliphatic rings. The van der Waals surface area contributed by atoms with Crippen LogP contribution in [0.15, 0.2) is 24.3 Å². The first kappa shape index (κ1) is 12.6. The molecule has 2 nitrogen and oxygen atoms in total. The van der Waals surface area contributed by atoms with Gasteiger partial charge >= 0.3 is 0 Å². The summed E-state index contributed by atoms with van der Waals surface area (Å²) in [6, 6.07) is 9.91. The van der Waals surface area contributed by atoms with Crippen LogP contribution in [0.5, 0.6) is 0 Å². The molecule has 1 aliphatic heterocycles. The van der Waals surface area contributed by atoms with Gasteiger partial charge in [-0.3, -0.25) is 4.90 Å². The lowest BCUT2D eigenvalue weighted by atomic mass is 9.95. The van der Waals surface area contributed by atoms with Crippen LogP contribution in [-0.4, -0.2) is 23.5 Å². The van der Waals surface area contributed by atoms with Gasteiger partial charge in [0.2, 0.25) is 0 Å². The molecule has 2 unspecified atom stereocenters. The molecule has 2 heteroatoms. The SMILES string of the molecule is Cc1ccccc1CN1C(C)CCCC1CN. The monoisotopic (exact) mass is 232 g/mol. The lowest BCUT2D eigenvalue weighted by molar-refractivity contribution is 0.0890. The van der Waals surface area contributed by atoms with E-state index in [1.54, 1.807) is 0 Å². The quantitative estimate of drug-likeness (QED) is 0.868. The molecule has 0 spiro atoms. The summed E-state index contributed by atoms with van der Waals surface area (Å²) < 4.78 is 0. The van der Waals surface area contributed by atoms with E-state index in [9.17, 15) is 0 Å². The molecule has 17 heavy (non-hydrogen) atoms. The fourth-order valence-electron chi connectivity index (χ4n) is 2.86. The maximum atomic E-state index is 5.91. The van der Waals surface area contributed by atoms with E-state index >= 15 is 0 Å². The van der Waals surface area contributed by atoms with E-state index in [4.69, 9.17) is 5.73 Å². The Bertz CT molecular complexity index is 362. The first-order valence-electron chi connectivity index (χ1n) is 6.72. The Morgan fingerprint density at radius 1 is 1.29 bits per heavy atom. The van der Waals surface area contributed by atoms with Crippen molar-refractivity contribution in [1.82, 2.24) is 4.90 Å². The Hall–Kier alpha value is -0.860. The van der Waals surface area contributed by atoms with Crippen LogP contribution in [0.1, 0.15) is 37.3 Å². The number of aryl methyl sites for hydroxylation is 1. The number of hydrogen-bond acceptors (Lipinski definition) is 2. The van der Waals surface area contributed by atoms with Gasteiger partial charge in [-0.1, -0.05) is 30.7 Å². The molecule has 2 N–H and O–H groups in total. The van der Waals surface area contributed by atoms with Crippen LogP contribution in [-0.2, 0) is 6.54 Å². The van der Waals surface area contributed by atoms with Crippen LogP contribution in [0.2, 0.25) is 0 Å². The smallest absolute Gasteiger partial charge is 0.0242 e. The van der Waals surface area contributed by atoms with Gasteiger partial charge in [-0.15, -0.1) is 0 Å². The van der Waals surface area contributed by atoms with Crippen LogP contribution >= 0.6 is 0 Å². The van der Waals surface area contributed by atoms with Gasteiger partial charge in [0.1, 0.15) is 0 Å². The third kappa shape index (κ3) is 2.88. The Kier molecular flexibility index (Phi) is 4.19. The average molecular weight is 232 g/mol. The molecule has 1 saturated heterocycles. The minimum Gasteiger partial charge on any atom is -0.329 e. The van der Waals surface area contributed by atoms with E-state index in [0.29, 0.717) is 12.1 Å². The molecule has 2 rings (SSSR count). The second-order valence-corrected chi connectivity index (χ2v) is 5.27. The van der Waals surface area contributed by atoms with E-state index in [-0.39, 0.29) is 0 Å². The van der Waals surface area contributed by atoms with Gasteiger partial charge in [-0.05, 0) is 37.8 Å². The van der Waals surface area contributed by atoms with E-state index in [0.717, 1.165) is 13.1 Å². The summed E-state index contributed by atoms with van der Waals surface area (Å²) in [6.45, 7) is 6.37. The molecule has 0 amide bonds. The molecule has 0 bridgehead atoms. The third-order valence-electron chi connectivity index (χ3n) is 4.08. The van der Waals surface area contributed by atoms with Gasteiger partial charge in [-0.25, -0.2) is 0 Å². The van der Waals surface area contributed by atoms with Gasteiger partial charge in [0, 0.05) is 25.2 Å². The molecule has 0 saturated carbocycles. The predicted molar refractivity (Wildman–Crippen MR) is 72.9 cm³/mol. The van der Waals surface area contributed by atoms with Crippen molar-refractivity contribution in [2.24, 2.45) is 5.73 Å². The van der Waals surface area contributed by atoms with Crippen molar-refractivity contribution in [3.05, 3.63) is 35.4 Å². The van der Waals surface area contributed by atoms with Crippen LogP contribution in [0.4, 0.5) is 0 Å². The molecule has 0 radical (unpaired) electrons. The molecule has 1 aromatic rings. The maximum Gasteiger partial charge on any atom is 0.0242 e. The van der Waals surface area contributed by atoms with Crippen molar-refractivity contribution >= 4 is 0 Å². The van der Waals surface area contributed by atoms with Gasteiger partial charge in [0.05, 0.1) is 0 Å². The lowest BCUT2D eigenvalue weighted by Crippen LogP contribution is -2.48. The molecule has 94 valence electrons. The minimum absolute atomic E-state index is 0.568. The predicted octanol–water partition coefficient (Wildman–Crippen LogP) is 2.70. The fourth-order valence-corrected chi connectivity index (χ4v) is 2.86. The highest BCUT2D eigenvalue weighted by Crippen LogP contribution is 2.25. The first-order chi connectivity index (χ1) is 8.22. The van der Waals surface area contributed by atoms with Crippen molar-refractivity contribution in [1.29, 1.82) is 0 Å².